The number of benzene rings is 1. The van der Waals surface area contributed by atoms with Crippen molar-refractivity contribution < 1.29 is 17.9 Å². The highest BCUT2D eigenvalue weighted by Crippen LogP contribution is 2.48. The van der Waals surface area contributed by atoms with E-state index in [1.165, 1.54) is 0 Å². The Hall–Kier alpha value is -2.17. The van der Waals surface area contributed by atoms with Gasteiger partial charge in [-0.3, -0.25) is 0 Å². The molecule has 0 radical (unpaired) electrons. The molecule has 3 N–H and O–H groups in total. The zero-order valence-electron chi connectivity index (χ0n) is 15.3. The van der Waals surface area contributed by atoms with E-state index in [0.717, 1.165) is 49.1 Å². The van der Waals surface area contributed by atoms with Crippen LogP contribution in [0.2, 0.25) is 0 Å². The summed E-state index contributed by atoms with van der Waals surface area (Å²) in [4.78, 5) is 11.0. The largest absolute Gasteiger partial charge is 0.493 e. The lowest BCUT2D eigenvalue weighted by Gasteiger charge is -2.49. The molecule has 1 atom stereocenters. The monoisotopic (exact) mass is 393 g/mol. The van der Waals surface area contributed by atoms with Gasteiger partial charge < -0.3 is 14.4 Å². The molecule has 1 saturated carbocycles. The van der Waals surface area contributed by atoms with Gasteiger partial charge in [0.2, 0.25) is 0 Å². The van der Waals surface area contributed by atoms with Crippen molar-refractivity contribution in [3.8, 4) is 11.5 Å². The van der Waals surface area contributed by atoms with Crippen LogP contribution in [-0.2, 0) is 10.2 Å². The van der Waals surface area contributed by atoms with Crippen LogP contribution in [0.4, 0.5) is 5.82 Å². The quantitative estimate of drug-likeness (QED) is 0.771. The maximum absolute atomic E-state index is 11.3. The number of hydrogen-bond acceptors (Lipinski definition) is 7. The topological polar surface area (TPSA) is 120 Å². The summed E-state index contributed by atoms with van der Waals surface area (Å²) < 4.78 is 35.8. The van der Waals surface area contributed by atoms with Crippen LogP contribution in [0.15, 0.2) is 18.5 Å². The fraction of sp³-hybridized carbons (Fsp3) is 0.529. The van der Waals surface area contributed by atoms with Gasteiger partial charge in [0.1, 0.15) is 12.1 Å². The number of hydrogen-bond donors (Lipinski definition) is 2. The van der Waals surface area contributed by atoms with Crippen molar-refractivity contribution in [1.29, 1.82) is 0 Å². The Morgan fingerprint density at radius 3 is 2.59 bits per heavy atom. The van der Waals surface area contributed by atoms with Gasteiger partial charge in [-0.05, 0) is 25.3 Å². The highest BCUT2D eigenvalue weighted by molar-refractivity contribution is 7.87. The zero-order valence-corrected chi connectivity index (χ0v) is 16.1. The van der Waals surface area contributed by atoms with Crippen molar-refractivity contribution in [2.45, 2.75) is 25.3 Å². The van der Waals surface area contributed by atoms with Crippen molar-refractivity contribution in [1.82, 2.24) is 14.7 Å². The molecule has 2 fully saturated rings. The molecule has 10 heteroatoms. The summed E-state index contributed by atoms with van der Waals surface area (Å²) in [6.45, 7) is 1.66. The van der Waals surface area contributed by atoms with Crippen LogP contribution in [-0.4, -0.2) is 51.7 Å². The van der Waals surface area contributed by atoms with E-state index >= 15 is 0 Å². The summed E-state index contributed by atoms with van der Waals surface area (Å²) in [7, 11) is -0.466. The third kappa shape index (κ3) is 3.40. The van der Waals surface area contributed by atoms with E-state index in [0.29, 0.717) is 11.5 Å². The molecule has 0 bridgehead atoms. The number of anilines is 1. The van der Waals surface area contributed by atoms with E-state index in [1.54, 1.807) is 20.5 Å². The van der Waals surface area contributed by atoms with Crippen molar-refractivity contribution in [3.05, 3.63) is 18.5 Å². The number of rotatable bonds is 5. The zero-order chi connectivity index (χ0) is 19.2. The van der Waals surface area contributed by atoms with Gasteiger partial charge in [-0.2, -0.15) is 13.1 Å². The molecular weight excluding hydrogens is 370 g/mol. The maximum atomic E-state index is 11.3. The molecule has 1 saturated heterocycles. The molecule has 1 aromatic heterocycles. The van der Waals surface area contributed by atoms with E-state index in [9.17, 15) is 8.42 Å². The SMILES string of the molecule is COc1cc2ncnc(N3CC4(CCC(NS(N)(=O)=O)C4)C3)c2cc1OC. The van der Waals surface area contributed by atoms with Gasteiger partial charge in [-0.1, -0.05) is 0 Å². The van der Waals surface area contributed by atoms with Gasteiger partial charge in [-0.15, -0.1) is 0 Å². The highest BCUT2D eigenvalue weighted by atomic mass is 32.2. The summed E-state index contributed by atoms with van der Waals surface area (Å²) in [5, 5.41) is 6.01. The van der Waals surface area contributed by atoms with E-state index in [1.807, 2.05) is 12.1 Å². The van der Waals surface area contributed by atoms with Crippen LogP contribution in [0.25, 0.3) is 10.9 Å². The van der Waals surface area contributed by atoms with Gasteiger partial charge in [0.15, 0.2) is 11.5 Å². The predicted molar refractivity (Wildman–Crippen MR) is 101 cm³/mol. The minimum Gasteiger partial charge on any atom is -0.493 e. The van der Waals surface area contributed by atoms with Gasteiger partial charge >= 0.3 is 0 Å². The second kappa shape index (κ2) is 6.47. The molecule has 0 amide bonds. The first-order valence-corrected chi connectivity index (χ1v) is 10.3. The number of nitrogens with two attached hydrogens (primary N) is 1. The molecule has 1 aromatic carbocycles. The average Bonchev–Trinajstić information content (AvgIpc) is 3.01. The second-order valence-electron chi connectivity index (χ2n) is 7.38. The summed E-state index contributed by atoms with van der Waals surface area (Å²) in [5.41, 5.74) is 0.898. The molecule has 1 spiro atoms. The molecule has 1 unspecified atom stereocenters. The third-order valence-corrected chi connectivity index (χ3v) is 6.17. The lowest BCUT2D eigenvalue weighted by molar-refractivity contribution is 0.217. The molecular formula is C17H23N5O4S. The van der Waals surface area contributed by atoms with Crippen molar-refractivity contribution >= 4 is 26.9 Å². The summed E-state index contributed by atoms with van der Waals surface area (Å²) in [5.74, 6) is 2.12. The smallest absolute Gasteiger partial charge is 0.274 e. The van der Waals surface area contributed by atoms with Crippen LogP contribution in [0, 0.1) is 5.41 Å². The van der Waals surface area contributed by atoms with Crippen LogP contribution < -0.4 is 24.2 Å². The number of fused-ring (bicyclic) bond motifs is 1. The fourth-order valence-electron chi connectivity index (χ4n) is 4.36. The third-order valence-electron chi connectivity index (χ3n) is 5.51. The highest BCUT2D eigenvalue weighted by Gasteiger charge is 2.49. The predicted octanol–water partition coefficient (Wildman–Crippen LogP) is 0.799. The van der Waals surface area contributed by atoms with Crippen LogP contribution >= 0.6 is 0 Å². The Kier molecular flexibility index (Phi) is 4.36. The summed E-state index contributed by atoms with van der Waals surface area (Å²) >= 11 is 0. The van der Waals surface area contributed by atoms with Crippen molar-refractivity contribution in [2.75, 3.05) is 32.2 Å². The standard InChI is InChI=1S/C17H23N5O4S/c1-25-14-5-12-13(6-15(14)26-2)19-10-20-16(12)22-8-17(9-22)4-3-11(7-17)21-27(18,23)24/h5-6,10-11,21H,3-4,7-9H2,1-2H3,(H2,18,23,24). The minimum absolute atomic E-state index is 0.0892. The van der Waals surface area contributed by atoms with Crippen molar-refractivity contribution in [3.63, 3.8) is 0 Å². The normalized spacial score (nSPS) is 21.4. The summed E-state index contributed by atoms with van der Waals surface area (Å²) in [6, 6.07) is 3.65. The lowest BCUT2D eigenvalue weighted by Crippen LogP contribution is -2.56. The summed E-state index contributed by atoms with van der Waals surface area (Å²) in [6.07, 6.45) is 4.12. The molecule has 1 aliphatic heterocycles. The van der Waals surface area contributed by atoms with E-state index in [4.69, 9.17) is 14.6 Å². The molecule has 2 heterocycles. The first kappa shape index (κ1) is 18.2. The molecule has 9 nitrogen and oxygen atoms in total. The average molecular weight is 393 g/mol. The Morgan fingerprint density at radius 1 is 1.22 bits per heavy atom. The first-order valence-electron chi connectivity index (χ1n) is 8.74. The fourth-order valence-corrected chi connectivity index (χ4v) is 5.03. The second-order valence-corrected chi connectivity index (χ2v) is 8.71. The van der Waals surface area contributed by atoms with E-state index < -0.39 is 10.2 Å². The van der Waals surface area contributed by atoms with Crippen LogP contribution in [0.1, 0.15) is 19.3 Å². The molecule has 2 aliphatic rings. The van der Waals surface area contributed by atoms with Crippen LogP contribution in [0.3, 0.4) is 0 Å². The molecule has 1 aliphatic carbocycles. The van der Waals surface area contributed by atoms with Gasteiger partial charge in [-0.25, -0.2) is 15.1 Å². The number of nitrogens with one attached hydrogen (secondary N) is 1. The number of aromatic nitrogens is 2. The Bertz CT molecular complexity index is 975. The number of methoxy groups -OCH3 is 2. The van der Waals surface area contributed by atoms with E-state index in [-0.39, 0.29) is 11.5 Å². The van der Waals surface area contributed by atoms with Gasteiger partial charge in [0, 0.05) is 36.0 Å². The number of nitrogens with zero attached hydrogens (tertiary/aromatic N) is 3. The van der Waals surface area contributed by atoms with E-state index in [2.05, 4.69) is 19.6 Å². The van der Waals surface area contributed by atoms with Crippen molar-refractivity contribution in [2.24, 2.45) is 10.6 Å². The molecule has 4 rings (SSSR count). The first-order chi connectivity index (χ1) is 12.8. The van der Waals surface area contributed by atoms with Gasteiger partial charge in [0.25, 0.3) is 10.2 Å². The van der Waals surface area contributed by atoms with Gasteiger partial charge in [0.05, 0.1) is 19.7 Å². The maximum Gasteiger partial charge on any atom is 0.274 e. The Morgan fingerprint density at radius 2 is 1.93 bits per heavy atom. The lowest BCUT2D eigenvalue weighted by atomic mass is 9.78. The molecule has 27 heavy (non-hydrogen) atoms. The molecule has 146 valence electrons. The Balaban J connectivity index is 1.55. The Labute approximate surface area is 158 Å². The molecule has 2 aromatic rings. The number of ether oxygens (including phenoxy) is 2. The minimum atomic E-state index is -3.66. The van der Waals surface area contributed by atoms with Crippen LogP contribution in [0.5, 0.6) is 11.5 Å².